The Morgan fingerprint density at radius 3 is 2.44 bits per heavy atom. The third kappa shape index (κ3) is 9.93. The maximum atomic E-state index is 11.4. The van der Waals surface area contributed by atoms with Crippen LogP contribution < -0.4 is 5.32 Å². The monoisotopic (exact) mass is 230 g/mol. The van der Waals surface area contributed by atoms with Crippen LogP contribution in [0.25, 0.3) is 0 Å². The van der Waals surface area contributed by atoms with Crippen molar-refractivity contribution in [3.05, 3.63) is 0 Å². The lowest BCUT2D eigenvalue weighted by Crippen LogP contribution is -2.29. The van der Waals surface area contributed by atoms with Crippen LogP contribution in [0.15, 0.2) is 0 Å². The molecule has 0 spiro atoms. The smallest absolute Gasteiger partial charge is 0.307 e. The molecule has 0 fully saturated rings. The molecule has 0 aliphatic carbocycles. The first-order chi connectivity index (χ1) is 7.35. The highest BCUT2D eigenvalue weighted by molar-refractivity contribution is 5.70. The van der Waals surface area contributed by atoms with Gasteiger partial charge in [0.05, 0.1) is 6.42 Å². The Hall–Kier alpha value is -0.610. The van der Waals surface area contributed by atoms with E-state index in [2.05, 4.69) is 10.2 Å². The lowest BCUT2D eigenvalue weighted by molar-refractivity contribution is -0.155. The second kappa shape index (κ2) is 7.63. The van der Waals surface area contributed by atoms with Crippen LogP contribution in [-0.2, 0) is 9.53 Å². The molecule has 96 valence electrons. The standard InChI is InChI=1S/C12H26N2O2/c1-12(2,3)16-11(15)7-10-14(5)9-6-8-13-4/h13H,6-10H2,1-5H3. The van der Waals surface area contributed by atoms with E-state index in [1.165, 1.54) is 0 Å². The van der Waals surface area contributed by atoms with Crippen LogP contribution in [0.3, 0.4) is 0 Å². The number of carbonyl (C=O) groups excluding carboxylic acids is 1. The Labute approximate surface area is 99.3 Å². The van der Waals surface area contributed by atoms with E-state index in [1.807, 2.05) is 34.9 Å². The normalized spacial score (nSPS) is 11.9. The minimum Gasteiger partial charge on any atom is -0.460 e. The van der Waals surface area contributed by atoms with Crippen molar-refractivity contribution in [2.45, 2.75) is 39.2 Å². The van der Waals surface area contributed by atoms with Gasteiger partial charge < -0.3 is 15.0 Å². The van der Waals surface area contributed by atoms with Gasteiger partial charge in [0.2, 0.25) is 0 Å². The third-order valence-corrected chi connectivity index (χ3v) is 2.08. The van der Waals surface area contributed by atoms with Crippen molar-refractivity contribution in [2.75, 3.05) is 33.7 Å². The zero-order valence-corrected chi connectivity index (χ0v) is 11.3. The van der Waals surface area contributed by atoms with E-state index in [0.29, 0.717) is 6.42 Å². The minimum atomic E-state index is -0.373. The summed E-state index contributed by atoms with van der Waals surface area (Å²) in [5.41, 5.74) is -0.373. The van der Waals surface area contributed by atoms with Crippen molar-refractivity contribution in [2.24, 2.45) is 0 Å². The Bertz CT molecular complexity index is 200. The lowest BCUT2D eigenvalue weighted by Gasteiger charge is -2.21. The van der Waals surface area contributed by atoms with Gasteiger partial charge in [-0.3, -0.25) is 4.79 Å². The molecule has 0 aromatic heterocycles. The van der Waals surface area contributed by atoms with E-state index >= 15 is 0 Å². The van der Waals surface area contributed by atoms with Gasteiger partial charge >= 0.3 is 5.97 Å². The maximum Gasteiger partial charge on any atom is 0.307 e. The van der Waals surface area contributed by atoms with E-state index in [-0.39, 0.29) is 11.6 Å². The summed E-state index contributed by atoms with van der Waals surface area (Å²) in [7, 11) is 3.97. The van der Waals surface area contributed by atoms with E-state index in [9.17, 15) is 4.79 Å². The molecule has 0 saturated heterocycles. The Morgan fingerprint density at radius 2 is 1.94 bits per heavy atom. The molecule has 0 aliphatic rings. The quantitative estimate of drug-likeness (QED) is 0.528. The maximum absolute atomic E-state index is 11.4. The van der Waals surface area contributed by atoms with Crippen LogP contribution in [0.2, 0.25) is 0 Å². The minimum absolute atomic E-state index is 0.118. The van der Waals surface area contributed by atoms with Gasteiger partial charge in [0.25, 0.3) is 0 Å². The topological polar surface area (TPSA) is 41.6 Å². The summed E-state index contributed by atoms with van der Waals surface area (Å²) in [5, 5.41) is 3.10. The van der Waals surface area contributed by atoms with E-state index in [1.54, 1.807) is 0 Å². The molecule has 0 heterocycles. The molecule has 1 N–H and O–H groups in total. The van der Waals surface area contributed by atoms with Crippen molar-refractivity contribution in [3.63, 3.8) is 0 Å². The Kier molecular flexibility index (Phi) is 7.34. The third-order valence-electron chi connectivity index (χ3n) is 2.08. The molecule has 16 heavy (non-hydrogen) atoms. The molecular weight excluding hydrogens is 204 g/mol. The Balaban J connectivity index is 3.59. The predicted octanol–water partition coefficient (Wildman–Crippen LogP) is 1.26. The van der Waals surface area contributed by atoms with Crippen LogP contribution in [0.5, 0.6) is 0 Å². The van der Waals surface area contributed by atoms with Crippen LogP contribution in [0, 0.1) is 0 Å². The van der Waals surface area contributed by atoms with Crippen molar-refractivity contribution in [3.8, 4) is 0 Å². The van der Waals surface area contributed by atoms with Gasteiger partial charge in [-0.2, -0.15) is 0 Å². The molecule has 4 heteroatoms. The molecule has 0 rings (SSSR count). The fraction of sp³-hybridized carbons (Fsp3) is 0.917. The van der Waals surface area contributed by atoms with E-state index < -0.39 is 0 Å². The lowest BCUT2D eigenvalue weighted by atomic mass is 10.2. The largest absolute Gasteiger partial charge is 0.460 e. The van der Waals surface area contributed by atoms with Crippen molar-refractivity contribution in [1.29, 1.82) is 0 Å². The summed E-state index contributed by atoms with van der Waals surface area (Å²) in [4.78, 5) is 13.6. The van der Waals surface area contributed by atoms with Crippen LogP contribution in [-0.4, -0.2) is 50.2 Å². The fourth-order valence-corrected chi connectivity index (χ4v) is 1.31. The molecule has 0 aliphatic heterocycles. The van der Waals surface area contributed by atoms with Gasteiger partial charge in [-0.05, 0) is 54.4 Å². The highest BCUT2D eigenvalue weighted by Crippen LogP contribution is 2.08. The molecule has 0 aromatic rings. The van der Waals surface area contributed by atoms with Crippen molar-refractivity contribution < 1.29 is 9.53 Å². The number of nitrogens with one attached hydrogen (secondary N) is 1. The second-order valence-corrected chi connectivity index (χ2v) is 5.10. The summed E-state index contributed by atoms with van der Waals surface area (Å²) >= 11 is 0. The molecule has 0 saturated carbocycles. The number of hydrogen-bond acceptors (Lipinski definition) is 4. The molecule has 0 aromatic carbocycles. The van der Waals surface area contributed by atoms with Gasteiger partial charge in [-0.15, -0.1) is 0 Å². The van der Waals surface area contributed by atoms with Gasteiger partial charge in [0, 0.05) is 6.54 Å². The molecule has 0 amide bonds. The van der Waals surface area contributed by atoms with E-state index in [0.717, 1.165) is 26.1 Å². The second-order valence-electron chi connectivity index (χ2n) is 5.10. The SMILES string of the molecule is CNCCCN(C)CCC(=O)OC(C)(C)C. The number of nitrogens with zero attached hydrogens (tertiary/aromatic N) is 1. The Morgan fingerprint density at radius 1 is 1.31 bits per heavy atom. The molecule has 0 unspecified atom stereocenters. The summed E-state index contributed by atoms with van der Waals surface area (Å²) < 4.78 is 5.24. The zero-order chi connectivity index (χ0) is 12.6. The average molecular weight is 230 g/mol. The highest BCUT2D eigenvalue weighted by atomic mass is 16.6. The van der Waals surface area contributed by atoms with Gasteiger partial charge in [0.1, 0.15) is 5.60 Å². The summed E-state index contributed by atoms with van der Waals surface area (Å²) in [6.07, 6.45) is 1.56. The van der Waals surface area contributed by atoms with Crippen LogP contribution in [0.4, 0.5) is 0 Å². The molecule has 0 atom stereocenters. The van der Waals surface area contributed by atoms with Crippen LogP contribution >= 0.6 is 0 Å². The summed E-state index contributed by atoms with van der Waals surface area (Å²) in [5.74, 6) is -0.118. The first-order valence-corrected chi connectivity index (χ1v) is 5.90. The van der Waals surface area contributed by atoms with E-state index in [4.69, 9.17) is 4.74 Å². The summed E-state index contributed by atoms with van der Waals surface area (Å²) in [6, 6.07) is 0. The van der Waals surface area contributed by atoms with Crippen molar-refractivity contribution in [1.82, 2.24) is 10.2 Å². The van der Waals surface area contributed by atoms with Crippen molar-refractivity contribution >= 4 is 5.97 Å². The number of esters is 1. The number of ether oxygens (including phenoxy) is 1. The average Bonchev–Trinajstić information content (AvgIpc) is 2.12. The molecular formula is C12H26N2O2. The number of rotatable bonds is 7. The van der Waals surface area contributed by atoms with Gasteiger partial charge in [0.15, 0.2) is 0 Å². The highest BCUT2D eigenvalue weighted by Gasteiger charge is 2.16. The first kappa shape index (κ1) is 15.4. The van der Waals surface area contributed by atoms with Gasteiger partial charge in [-0.1, -0.05) is 0 Å². The van der Waals surface area contributed by atoms with Gasteiger partial charge in [-0.25, -0.2) is 0 Å². The zero-order valence-electron chi connectivity index (χ0n) is 11.3. The fourth-order valence-electron chi connectivity index (χ4n) is 1.31. The number of carbonyl (C=O) groups is 1. The molecule has 0 radical (unpaired) electrons. The predicted molar refractivity (Wildman–Crippen MR) is 66.5 cm³/mol. The molecule has 4 nitrogen and oxygen atoms in total. The first-order valence-electron chi connectivity index (χ1n) is 5.90. The van der Waals surface area contributed by atoms with Crippen LogP contribution in [0.1, 0.15) is 33.6 Å². The molecule has 0 bridgehead atoms. The summed E-state index contributed by atoms with van der Waals surface area (Å²) in [6.45, 7) is 8.45. The number of hydrogen-bond donors (Lipinski definition) is 1.